The lowest BCUT2D eigenvalue weighted by Crippen LogP contribution is -2.10. The SMILES string of the molecule is Nc1ccc(CCS(=O)(=O)c2ccccc2Br)cc1. The van der Waals surface area contributed by atoms with Gasteiger partial charge < -0.3 is 5.73 Å². The summed E-state index contributed by atoms with van der Waals surface area (Å²) in [5.74, 6) is 0.0829. The van der Waals surface area contributed by atoms with Crippen LogP contribution in [0.15, 0.2) is 57.9 Å². The van der Waals surface area contributed by atoms with Gasteiger partial charge in [-0.25, -0.2) is 8.42 Å². The van der Waals surface area contributed by atoms with Crippen molar-refractivity contribution in [3.05, 3.63) is 58.6 Å². The number of nitrogens with two attached hydrogens (primary N) is 1. The second kappa shape index (κ2) is 5.75. The van der Waals surface area contributed by atoms with E-state index >= 15 is 0 Å². The summed E-state index contributed by atoms with van der Waals surface area (Å²) in [4.78, 5) is 0.338. The number of hydrogen-bond acceptors (Lipinski definition) is 3. The van der Waals surface area contributed by atoms with Gasteiger partial charge in [-0.1, -0.05) is 24.3 Å². The summed E-state index contributed by atoms with van der Waals surface area (Å²) in [6.07, 6.45) is 0.476. The molecule has 0 aliphatic rings. The largest absolute Gasteiger partial charge is 0.399 e. The lowest BCUT2D eigenvalue weighted by atomic mass is 10.2. The Bertz CT molecular complexity index is 666. The molecule has 0 spiro atoms. The molecule has 5 heteroatoms. The standard InChI is InChI=1S/C14H14BrNO2S/c15-13-3-1-2-4-14(13)19(17,18)10-9-11-5-7-12(16)8-6-11/h1-8H,9-10,16H2. The van der Waals surface area contributed by atoms with E-state index in [-0.39, 0.29) is 5.75 Å². The third kappa shape index (κ3) is 3.58. The summed E-state index contributed by atoms with van der Waals surface area (Å²) >= 11 is 3.27. The van der Waals surface area contributed by atoms with Crippen molar-refractivity contribution in [2.45, 2.75) is 11.3 Å². The van der Waals surface area contributed by atoms with Crippen LogP contribution in [0.5, 0.6) is 0 Å². The van der Waals surface area contributed by atoms with Crippen molar-refractivity contribution in [2.24, 2.45) is 0 Å². The van der Waals surface area contributed by atoms with Gasteiger partial charge in [-0.2, -0.15) is 0 Å². The number of anilines is 1. The second-order valence-corrected chi connectivity index (χ2v) is 7.17. The van der Waals surface area contributed by atoms with Crippen LogP contribution in [0.3, 0.4) is 0 Å². The predicted octanol–water partition coefficient (Wildman–Crippen LogP) is 3.05. The zero-order valence-electron chi connectivity index (χ0n) is 10.2. The summed E-state index contributed by atoms with van der Waals surface area (Å²) in [5, 5.41) is 0. The fraction of sp³-hybridized carbons (Fsp3) is 0.143. The van der Waals surface area contributed by atoms with Gasteiger partial charge >= 0.3 is 0 Å². The lowest BCUT2D eigenvalue weighted by molar-refractivity contribution is 0.595. The molecule has 0 amide bonds. The van der Waals surface area contributed by atoms with Crippen molar-refractivity contribution in [1.29, 1.82) is 0 Å². The van der Waals surface area contributed by atoms with Crippen LogP contribution in [0.25, 0.3) is 0 Å². The Morgan fingerprint density at radius 2 is 1.63 bits per heavy atom. The first-order valence-corrected chi connectivity index (χ1v) is 8.25. The van der Waals surface area contributed by atoms with Gasteiger partial charge in [0.25, 0.3) is 0 Å². The Kier molecular flexibility index (Phi) is 4.27. The molecule has 0 radical (unpaired) electrons. The molecule has 100 valence electrons. The number of benzene rings is 2. The maximum atomic E-state index is 12.2. The van der Waals surface area contributed by atoms with Crippen molar-refractivity contribution >= 4 is 31.5 Å². The van der Waals surface area contributed by atoms with Crippen molar-refractivity contribution in [3.8, 4) is 0 Å². The molecule has 2 N–H and O–H groups in total. The summed E-state index contributed by atoms with van der Waals surface area (Å²) in [5.41, 5.74) is 7.24. The normalized spacial score (nSPS) is 11.4. The molecule has 0 saturated carbocycles. The van der Waals surface area contributed by atoms with Gasteiger partial charge in [0.15, 0.2) is 9.84 Å². The maximum Gasteiger partial charge on any atom is 0.179 e. The molecule has 0 fully saturated rings. The van der Waals surface area contributed by atoms with Crippen molar-refractivity contribution in [2.75, 3.05) is 11.5 Å². The predicted molar refractivity (Wildman–Crippen MR) is 80.8 cm³/mol. The van der Waals surface area contributed by atoms with E-state index in [9.17, 15) is 8.42 Å². The average molecular weight is 340 g/mol. The van der Waals surface area contributed by atoms with Crippen LogP contribution in [0.4, 0.5) is 5.69 Å². The average Bonchev–Trinajstić information content (AvgIpc) is 2.38. The lowest BCUT2D eigenvalue weighted by Gasteiger charge is -2.06. The molecule has 2 aromatic carbocycles. The molecule has 0 aliphatic carbocycles. The summed E-state index contributed by atoms with van der Waals surface area (Å²) in [7, 11) is -3.28. The van der Waals surface area contributed by atoms with E-state index < -0.39 is 9.84 Å². The Morgan fingerprint density at radius 1 is 1.00 bits per heavy atom. The molecule has 0 saturated heterocycles. The summed E-state index contributed by atoms with van der Waals surface area (Å²) in [6.45, 7) is 0. The minimum Gasteiger partial charge on any atom is -0.399 e. The molecule has 2 rings (SSSR count). The zero-order chi connectivity index (χ0) is 13.9. The molecule has 0 bridgehead atoms. The highest BCUT2D eigenvalue weighted by Crippen LogP contribution is 2.23. The van der Waals surface area contributed by atoms with Gasteiger partial charge in [-0.15, -0.1) is 0 Å². The van der Waals surface area contributed by atoms with Crippen molar-refractivity contribution < 1.29 is 8.42 Å². The molecule has 0 aromatic heterocycles. The monoisotopic (exact) mass is 339 g/mol. The fourth-order valence-electron chi connectivity index (χ4n) is 1.74. The van der Waals surface area contributed by atoms with E-state index in [0.29, 0.717) is 21.5 Å². The topological polar surface area (TPSA) is 60.2 Å². The minimum atomic E-state index is -3.28. The molecular formula is C14H14BrNO2S. The highest BCUT2D eigenvalue weighted by atomic mass is 79.9. The van der Waals surface area contributed by atoms with E-state index in [0.717, 1.165) is 5.56 Å². The Morgan fingerprint density at radius 3 is 2.26 bits per heavy atom. The summed E-state index contributed by atoms with van der Waals surface area (Å²) in [6, 6.07) is 14.1. The van der Waals surface area contributed by atoms with Crippen LogP contribution in [0, 0.1) is 0 Å². The molecule has 0 heterocycles. The quantitative estimate of drug-likeness (QED) is 0.871. The Hall–Kier alpha value is -1.33. The van der Waals surface area contributed by atoms with Crippen LogP contribution in [0.2, 0.25) is 0 Å². The van der Waals surface area contributed by atoms with E-state index in [2.05, 4.69) is 15.9 Å². The second-order valence-electron chi connectivity index (χ2n) is 4.24. The molecule has 3 nitrogen and oxygen atoms in total. The Labute approximate surface area is 121 Å². The van der Waals surface area contributed by atoms with Gasteiger partial charge in [0.2, 0.25) is 0 Å². The number of hydrogen-bond donors (Lipinski definition) is 1. The first kappa shape index (κ1) is 14.1. The first-order chi connectivity index (χ1) is 8.99. The van der Waals surface area contributed by atoms with Gasteiger partial charge in [0.05, 0.1) is 10.6 Å². The van der Waals surface area contributed by atoms with Gasteiger partial charge in [0.1, 0.15) is 0 Å². The highest BCUT2D eigenvalue weighted by Gasteiger charge is 2.17. The van der Waals surface area contributed by atoms with E-state index in [1.165, 1.54) is 0 Å². The number of rotatable bonds is 4. The van der Waals surface area contributed by atoms with Gasteiger partial charge in [-0.05, 0) is 52.2 Å². The number of aryl methyl sites for hydroxylation is 1. The van der Waals surface area contributed by atoms with Crippen molar-refractivity contribution in [3.63, 3.8) is 0 Å². The molecule has 2 aromatic rings. The van der Waals surface area contributed by atoms with Gasteiger partial charge in [0, 0.05) is 10.2 Å². The minimum absolute atomic E-state index is 0.0829. The molecule has 0 atom stereocenters. The smallest absolute Gasteiger partial charge is 0.179 e. The van der Waals surface area contributed by atoms with E-state index in [4.69, 9.17) is 5.73 Å². The third-order valence-electron chi connectivity index (χ3n) is 2.81. The van der Waals surface area contributed by atoms with Crippen molar-refractivity contribution in [1.82, 2.24) is 0 Å². The number of halogens is 1. The van der Waals surface area contributed by atoms with E-state index in [1.54, 1.807) is 36.4 Å². The number of nitrogen functional groups attached to an aromatic ring is 1. The van der Waals surface area contributed by atoms with Crippen LogP contribution in [-0.2, 0) is 16.3 Å². The first-order valence-electron chi connectivity index (χ1n) is 5.81. The number of sulfone groups is 1. The fourth-order valence-corrected chi connectivity index (χ4v) is 4.14. The highest BCUT2D eigenvalue weighted by molar-refractivity contribution is 9.10. The molecule has 0 aliphatic heterocycles. The van der Waals surface area contributed by atoms with Crippen LogP contribution < -0.4 is 5.73 Å². The molecular weight excluding hydrogens is 326 g/mol. The van der Waals surface area contributed by atoms with E-state index in [1.807, 2.05) is 12.1 Å². The third-order valence-corrected chi connectivity index (χ3v) is 5.53. The molecule has 19 heavy (non-hydrogen) atoms. The van der Waals surface area contributed by atoms with Crippen LogP contribution in [-0.4, -0.2) is 14.2 Å². The van der Waals surface area contributed by atoms with Crippen LogP contribution >= 0.6 is 15.9 Å². The maximum absolute atomic E-state index is 12.2. The summed E-state index contributed by atoms with van der Waals surface area (Å²) < 4.78 is 25.1. The molecule has 0 unspecified atom stereocenters. The Balaban J connectivity index is 2.14. The zero-order valence-corrected chi connectivity index (χ0v) is 12.6. The van der Waals surface area contributed by atoms with Crippen LogP contribution in [0.1, 0.15) is 5.56 Å². The van der Waals surface area contributed by atoms with Gasteiger partial charge in [-0.3, -0.25) is 0 Å².